The average Bonchev–Trinajstić information content (AvgIpc) is 3.53. The smallest absolute Gasteiger partial charge is 0.255 e. The number of phenols is 1. The number of ether oxygens (including phenoxy) is 1. The highest BCUT2D eigenvalue weighted by molar-refractivity contribution is 6.05. The largest absolute Gasteiger partial charge is 0.508 e. The molecule has 10 heteroatoms. The number of piperazine rings is 1. The van der Waals surface area contributed by atoms with Gasteiger partial charge in [-0.1, -0.05) is 37.5 Å². The lowest BCUT2D eigenvalue weighted by Gasteiger charge is -2.49. The monoisotopic (exact) mass is 745 g/mol. The summed E-state index contributed by atoms with van der Waals surface area (Å²) in [7, 11) is 0. The van der Waals surface area contributed by atoms with Crippen LogP contribution in [0.1, 0.15) is 103 Å². The first-order valence-corrected chi connectivity index (χ1v) is 20.8. The molecule has 1 saturated carbocycles. The molecular weight excluding hydrogens is 691 g/mol. The fourth-order valence-electron chi connectivity index (χ4n) is 10.7. The SMILES string of the molecule is C[C@]1(C2CCCCC2)OCc2cc(O)ccc2[C@@H]1c1ccc(N2CCC(CN3CCN(c4ccc5c(c4)CN([C@H]4CCC(=O)NC4=O)C5=O)CC3)CC2)cc1. The number of anilines is 2. The Bertz CT molecular complexity index is 1930. The van der Waals surface area contributed by atoms with Crippen molar-refractivity contribution in [2.24, 2.45) is 11.8 Å². The normalized spacial score (nSPS) is 26.9. The minimum absolute atomic E-state index is 0.121. The van der Waals surface area contributed by atoms with Gasteiger partial charge in [0.05, 0.1) is 12.2 Å². The molecule has 5 heterocycles. The third-order valence-electron chi connectivity index (χ3n) is 13.9. The molecule has 2 N–H and O–H groups in total. The maximum atomic E-state index is 13.2. The van der Waals surface area contributed by atoms with E-state index in [1.165, 1.54) is 61.8 Å². The number of nitrogens with one attached hydrogen (secondary N) is 1. The number of carbonyl (C=O) groups excluding carboxylic acids is 3. The number of amides is 3. The van der Waals surface area contributed by atoms with E-state index in [1.807, 2.05) is 24.3 Å². The number of phenolic OH excluding ortho intramolecular Hbond substituents is 1. The molecular formula is C45H55N5O5. The highest BCUT2D eigenvalue weighted by Crippen LogP contribution is 2.51. The Morgan fingerprint density at radius 2 is 1.51 bits per heavy atom. The summed E-state index contributed by atoms with van der Waals surface area (Å²) < 4.78 is 6.79. The van der Waals surface area contributed by atoms with Crippen molar-refractivity contribution < 1.29 is 24.2 Å². The van der Waals surface area contributed by atoms with Gasteiger partial charge in [0, 0.05) is 81.6 Å². The van der Waals surface area contributed by atoms with Crippen LogP contribution in [-0.4, -0.2) is 90.1 Å². The molecule has 0 aromatic heterocycles. The van der Waals surface area contributed by atoms with Gasteiger partial charge in [-0.2, -0.15) is 0 Å². The summed E-state index contributed by atoms with van der Waals surface area (Å²) in [4.78, 5) is 46.5. The molecule has 10 nitrogen and oxygen atoms in total. The summed E-state index contributed by atoms with van der Waals surface area (Å²) >= 11 is 0. The number of aromatic hydroxyl groups is 1. The van der Waals surface area contributed by atoms with E-state index in [-0.39, 0.29) is 35.7 Å². The van der Waals surface area contributed by atoms with Gasteiger partial charge in [-0.05, 0) is 116 Å². The summed E-state index contributed by atoms with van der Waals surface area (Å²) in [5, 5.41) is 12.7. The van der Waals surface area contributed by atoms with Crippen LogP contribution in [0.2, 0.25) is 0 Å². The molecule has 5 aliphatic heterocycles. The number of piperidine rings is 2. The van der Waals surface area contributed by atoms with Crippen LogP contribution in [0.3, 0.4) is 0 Å². The Morgan fingerprint density at radius 3 is 2.25 bits per heavy atom. The first-order chi connectivity index (χ1) is 26.7. The summed E-state index contributed by atoms with van der Waals surface area (Å²) in [5.41, 5.74) is 7.50. The zero-order valence-corrected chi connectivity index (χ0v) is 32.2. The minimum Gasteiger partial charge on any atom is -0.508 e. The Kier molecular flexibility index (Phi) is 9.83. The molecule has 55 heavy (non-hydrogen) atoms. The van der Waals surface area contributed by atoms with E-state index in [4.69, 9.17) is 4.74 Å². The first-order valence-electron chi connectivity index (χ1n) is 20.8. The molecule has 3 atom stereocenters. The second-order valence-corrected chi connectivity index (χ2v) is 17.2. The summed E-state index contributed by atoms with van der Waals surface area (Å²) in [5.74, 6) is 0.909. The second kappa shape index (κ2) is 14.9. The summed E-state index contributed by atoms with van der Waals surface area (Å²) in [6.45, 7) is 10.5. The van der Waals surface area contributed by atoms with Gasteiger partial charge < -0.3 is 24.5 Å². The van der Waals surface area contributed by atoms with Crippen molar-refractivity contribution in [3.05, 3.63) is 88.5 Å². The number of imide groups is 1. The molecule has 3 amide bonds. The lowest BCUT2D eigenvalue weighted by atomic mass is 9.65. The number of hydrogen-bond donors (Lipinski definition) is 2. The average molecular weight is 746 g/mol. The lowest BCUT2D eigenvalue weighted by Crippen LogP contribution is -2.52. The molecule has 9 rings (SSSR count). The number of nitrogens with zero attached hydrogens (tertiary/aromatic N) is 4. The van der Waals surface area contributed by atoms with E-state index in [0.29, 0.717) is 42.7 Å². The number of carbonyl (C=O) groups is 3. The van der Waals surface area contributed by atoms with Gasteiger partial charge in [-0.15, -0.1) is 0 Å². The number of benzene rings is 3. The Labute approximate surface area is 324 Å². The van der Waals surface area contributed by atoms with E-state index in [1.54, 1.807) is 4.90 Å². The van der Waals surface area contributed by atoms with Crippen LogP contribution in [0.25, 0.3) is 0 Å². The summed E-state index contributed by atoms with van der Waals surface area (Å²) in [6.07, 6.45) is 9.34. The van der Waals surface area contributed by atoms with Crippen molar-refractivity contribution in [3.8, 4) is 5.75 Å². The zero-order chi connectivity index (χ0) is 37.7. The molecule has 0 unspecified atom stereocenters. The quantitative estimate of drug-likeness (QED) is 0.276. The van der Waals surface area contributed by atoms with Crippen LogP contribution >= 0.6 is 0 Å². The van der Waals surface area contributed by atoms with E-state index in [2.05, 4.69) is 63.3 Å². The van der Waals surface area contributed by atoms with Crippen LogP contribution in [0.4, 0.5) is 11.4 Å². The third-order valence-corrected chi connectivity index (χ3v) is 13.9. The van der Waals surface area contributed by atoms with Crippen molar-refractivity contribution in [1.29, 1.82) is 0 Å². The molecule has 4 fully saturated rings. The van der Waals surface area contributed by atoms with Gasteiger partial charge in [0.25, 0.3) is 5.91 Å². The van der Waals surface area contributed by atoms with Crippen LogP contribution in [0.5, 0.6) is 5.75 Å². The van der Waals surface area contributed by atoms with Crippen LogP contribution in [0, 0.1) is 11.8 Å². The molecule has 0 radical (unpaired) electrons. The van der Waals surface area contributed by atoms with Gasteiger partial charge in [-0.3, -0.25) is 24.6 Å². The molecule has 1 aliphatic carbocycles. The van der Waals surface area contributed by atoms with Crippen LogP contribution < -0.4 is 15.1 Å². The van der Waals surface area contributed by atoms with E-state index in [0.717, 1.165) is 62.6 Å². The van der Waals surface area contributed by atoms with Crippen LogP contribution in [-0.2, 0) is 27.5 Å². The molecule has 0 spiro atoms. The topological polar surface area (TPSA) is 106 Å². The van der Waals surface area contributed by atoms with Crippen molar-refractivity contribution in [2.45, 2.75) is 95.4 Å². The lowest BCUT2D eigenvalue weighted by molar-refractivity contribution is -0.136. The fourth-order valence-corrected chi connectivity index (χ4v) is 10.7. The zero-order valence-electron chi connectivity index (χ0n) is 32.2. The molecule has 3 aromatic carbocycles. The Balaban J connectivity index is 0.783. The van der Waals surface area contributed by atoms with Crippen LogP contribution in [0.15, 0.2) is 60.7 Å². The molecule has 3 aromatic rings. The third kappa shape index (κ3) is 7.01. The van der Waals surface area contributed by atoms with E-state index >= 15 is 0 Å². The Morgan fingerprint density at radius 1 is 0.782 bits per heavy atom. The number of rotatable bonds is 7. The second-order valence-electron chi connectivity index (χ2n) is 17.2. The van der Waals surface area contributed by atoms with Crippen molar-refractivity contribution in [2.75, 3.05) is 55.6 Å². The predicted molar refractivity (Wildman–Crippen MR) is 212 cm³/mol. The van der Waals surface area contributed by atoms with Crippen molar-refractivity contribution in [1.82, 2.24) is 15.1 Å². The maximum Gasteiger partial charge on any atom is 0.255 e. The maximum absolute atomic E-state index is 13.2. The first kappa shape index (κ1) is 36.2. The predicted octanol–water partition coefficient (Wildman–Crippen LogP) is 6.19. The van der Waals surface area contributed by atoms with Gasteiger partial charge in [0.15, 0.2) is 0 Å². The van der Waals surface area contributed by atoms with Crippen molar-refractivity contribution >= 4 is 29.1 Å². The highest BCUT2D eigenvalue weighted by atomic mass is 16.5. The molecule has 3 saturated heterocycles. The van der Waals surface area contributed by atoms with Crippen molar-refractivity contribution in [3.63, 3.8) is 0 Å². The summed E-state index contributed by atoms with van der Waals surface area (Å²) in [6, 6.07) is 20.7. The highest BCUT2D eigenvalue weighted by Gasteiger charge is 2.47. The molecule has 0 bridgehead atoms. The standard InChI is InChI=1S/C45H55N5O5/c1-45(34-5-3-2-4-6-34)42(38-14-12-37(51)26-33(38)29-55-45)31-7-9-35(10-8-31)48-19-17-30(18-20-48)27-47-21-23-49(24-22-47)36-11-13-39-32(25-36)28-50(44(39)54)40-15-16-41(52)46-43(40)53/h7-14,25-26,30,34,40,42,51H,2-6,15-24,27-29H2,1H3,(H,46,52,53)/t40-,42-,45+/m0/s1. The van der Waals surface area contributed by atoms with E-state index in [9.17, 15) is 19.5 Å². The van der Waals surface area contributed by atoms with Gasteiger partial charge >= 0.3 is 0 Å². The fraction of sp³-hybridized carbons (Fsp3) is 0.533. The van der Waals surface area contributed by atoms with Gasteiger partial charge in [0.1, 0.15) is 11.8 Å². The number of hydrogen-bond acceptors (Lipinski definition) is 8. The van der Waals surface area contributed by atoms with Gasteiger partial charge in [0.2, 0.25) is 11.8 Å². The number of fused-ring (bicyclic) bond motifs is 2. The molecule has 6 aliphatic rings. The van der Waals surface area contributed by atoms with E-state index < -0.39 is 6.04 Å². The minimum atomic E-state index is -0.586. The van der Waals surface area contributed by atoms with Gasteiger partial charge in [-0.25, -0.2) is 0 Å². The Hall–Kier alpha value is -4.41. The molecule has 290 valence electrons.